The molecule has 0 aromatic heterocycles. The molecule has 0 heterocycles. The van der Waals surface area contributed by atoms with Gasteiger partial charge in [0.05, 0.1) is 0 Å². The fourth-order valence-corrected chi connectivity index (χ4v) is 1.69. The second-order valence-corrected chi connectivity index (χ2v) is 4.80. The van der Waals surface area contributed by atoms with Gasteiger partial charge in [0, 0.05) is 18.2 Å². The number of hydrogen-bond donors (Lipinski definition) is 2. The van der Waals surface area contributed by atoms with E-state index in [-0.39, 0.29) is 12.1 Å². The van der Waals surface area contributed by atoms with Crippen LogP contribution < -0.4 is 10.6 Å². The second kappa shape index (κ2) is 7.44. The Morgan fingerprint density at radius 1 is 1.17 bits per heavy atom. The van der Waals surface area contributed by atoms with Gasteiger partial charge in [-0.3, -0.25) is 0 Å². The number of hydrogen-bond acceptors (Lipinski definition) is 2. The summed E-state index contributed by atoms with van der Waals surface area (Å²) in [5, 5.41) is 6.35. The van der Waals surface area contributed by atoms with Crippen molar-refractivity contribution in [3.8, 4) is 0 Å². The van der Waals surface area contributed by atoms with E-state index in [1.165, 1.54) is 12.1 Å². The molecule has 0 atom stereocenters. The van der Waals surface area contributed by atoms with Crippen molar-refractivity contribution in [1.82, 2.24) is 10.6 Å². The minimum absolute atomic E-state index is 0.131. The van der Waals surface area contributed by atoms with Crippen molar-refractivity contribution in [2.45, 2.75) is 39.8 Å². The molecule has 0 radical (unpaired) electrons. The van der Waals surface area contributed by atoms with E-state index in [1.807, 2.05) is 0 Å². The van der Waals surface area contributed by atoms with E-state index in [0.29, 0.717) is 11.6 Å². The zero-order valence-electron chi connectivity index (χ0n) is 11.3. The van der Waals surface area contributed by atoms with Crippen molar-refractivity contribution in [3.63, 3.8) is 0 Å². The van der Waals surface area contributed by atoms with E-state index < -0.39 is 11.6 Å². The molecular formula is C14H22F2N2. The summed E-state index contributed by atoms with van der Waals surface area (Å²) in [5.41, 5.74) is 0.612. The number of aryl methyl sites for hydroxylation is 1. The van der Waals surface area contributed by atoms with Gasteiger partial charge in [0.1, 0.15) is 11.6 Å². The average molecular weight is 256 g/mol. The minimum Gasteiger partial charge on any atom is -0.314 e. The molecule has 0 spiro atoms. The first-order valence-corrected chi connectivity index (χ1v) is 6.40. The first-order chi connectivity index (χ1) is 8.52. The highest BCUT2D eigenvalue weighted by Crippen LogP contribution is 2.15. The molecule has 0 amide bonds. The van der Waals surface area contributed by atoms with Crippen molar-refractivity contribution in [2.75, 3.05) is 13.1 Å². The number of nitrogens with one attached hydrogen (secondary N) is 2. The summed E-state index contributed by atoms with van der Waals surface area (Å²) in [6, 6.07) is 3.24. The fourth-order valence-electron chi connectivity index (χ4n) is 1.69. The Morgan fingerprint density at radius 2 is 1.89 bits per heavy atom. The van der Waals surface area contributed by atoms with Gasteiger partial charge >= 0.3 is 0 Å². The summed E-state index contributed by atoms with van der Waals surface area (Å²) >= 11 is 0. The number of rotatable bonds is 7. The summed E-state index contributed by atoms with van der Waals surface area (Å²) in [5.74, 6) is -0.922. The number of halogens is 2. The van der Waals surface area contributed by atoms with Gasteiger partial charge in [-0.1, -0.05) is 19.9 Å². The molecular weight excluding hydrogens is 234 g/mol. The molecule has 0 aliphatic rings. The number of benzene rings is 1. The molecule has 0 aliphatic carbocycles. The van der Waals surface area contributed by atoms with Gasteiger partial charge in [-0.15, -0.1) is 0 Å². The molecule has 1 rings (SSSR count). The van der Waals surface area contributed by atoms with Crippen molar-refractivity contribution < 1.29 is 8.78 Å². The highest BCUT2D eigenvalue weighted by molar-refractivity contribution is 5.26. The van der Waals surface area contributed by atoms with E-state index in [9.17, 15) is 8.78 Å². The minimum atomic E-state index is -0.481. The van der Waals surface area contributed by atoms with Crippen molar-refractivity contribution in [1.29, 1.82) is 0 Å². The average Bonchev–Trinajstić information content (AvgIpc) is 2.32. The molecule has 0 fully saturated rings. The lowest BCUT2D eigenvalue weighted by Crippen LogP contribution is -2.27. The van der Waals surface area contributed by atoms with Crippen LogP contribution in [0.25, 0.3) is 0 Å². The fraction of sp³-hybridized carbons (Fsp3) is 0.571. The molecule has 4 heteroatoms. The lowest BCUT2D eigenvalue weighted by molar-refractivity contribution is 0.516. The molecule has 0 unspecified atom stereocenters. The third-order valence-corrected chi connectivity index (χ3v) is 2.76. The third-order valence-electron chi connectivity index (χ3n) is 2.76. The molecule has 18 heavy (non-hydrogen) atoms. The van der Waals surface area contributed by atoms with Crippen molar-refractivity contribution >= 4 is 0 Å². The van der Waals surface area contributed by atoms with E-state index in [0.717, 1.165) is 19.5 Å². The quantitative estimate of drug-likeness (QED) is 0.733. The summed E-state index contributed by atoms with van der Waals surface area (Å²) in [6.07, 6.45) is 0.938. The van der Waals surface area contributed by atoms with Gasteiger partial charge in [0.2, 0.25) is 0 Å². The summed E-state index contributed by atoms with van der Waals surface area (Å²) in [7, 11) is 0. The lowest BCUT2D eigenvalue weighted by Gasteiger charge is -2.10. The van der Waals surface area contributed by atoms with E-state index in [4.69, 9.17) is 0 Å². The maximum absolute atomic E-state index is 13.7. The normalized spacial score (nSPS) is 11.2. The predicted octanol–water partition coefficient (Wildman–Crippen LogP) is 2.75. The molecule has 0 saturated heterocycles. The molecule has 1 aromatic carbocycles. The molecule has 0 aliphatic heterocycles. The smallest absolute Gasteiger partial charge is 0.133 e. The van der Waals surface area contributed by atoms with Gasteiger partial charge in [-0.2, -0.15) is 0 Å². The Labute approximate surface area is 108 Å². The first kappa shape index (κ1) is 15.1. The Kier molecular flexibility index (Phi) is 6.22. The van der Waals surface area contributed by atoms with Crippen LogP contribution in [0, 0.1) is 18.6 Å². The SMILES string of the molecule is Cc1ccc(F)c(CNCCCNC(C)C)c1F. The van der Waals surface area contributed by atoms with E-state index >= 15 is 0 Å². The zero-order valence-corrected chi connectivity index (χ0v) is 11.3. The third kappa shape index (κ3) is 4.70. The topological polar surface area (TPSA) is 24.1 Å². The van der Waals surface area contributed by atoms with Gasteiger partial charge in [-0.05, 0) is 38.1 Å². The summed E-state index contributed by atoms with van der Waals surface area (Å²) in [4.78, 5) is 0. The Morgan fingerprint density at radius 3 is 2.56 bits per heavy atom. The Balaban J connectivity index is 2.33. The van der Waals surface area contributed by atoms with Crippen LogP contribution in [0.4, 0.5) is 8.78 Å². The molecule has 1 aromatic rings. The maximum Gasteiger partial charge on any atom is 0.133 e. The van der Waals surface area contributed by atoms with Crippen LogP contribution in [-0.4, -0.2) is 19.1 Å². The lowest BCUT2D eigenvalue weighted by atomic mass is 10.1. The predicted molar refractivity (Wildman–Crippen MR) is 70.6 cm³/mol. The van der Waals surface area contributed by atoms with Gasteiger partial charge in [-0.25, -0.2) is 8.78 Å². The maximum atomic E-state index is 13.7. The van der Waals surface area contributed by atoms with Gasteiger partial charge in [0.25, 0.3) is 0 Å². The van der Waals surface area contributed by atoms with Gasteiger partial charge in [0.15, 0.2) is 0 Å². The van der Waals surface area contributed by atoms with Crippen LogP contribution in [0.1, 0.15) is 31.4 Å². The highest BCUT2D eigenvalue weighted by atomic mass is 19.1. The van der Waals surface area contributed by atoms with Crippen LogP contribution >= 0.6 is 0 Å². The molecule has 2 nitrogen and oxygen atoms in total. The summed E-state index contributed by atoms with van der Waals surface area (Å²) in [6.45, 7) is 7.71. The first-order valence-electron chi connectivity index (χ1n) is 6.40. The van der Waals surface area contributed by atoms with E-state index in [1.54, 1.807) is 6.92 Å². The monoisotopic (exact) mass is 256 g/mol. The zero-order chi connectivity index (χ0) is 13.5. The van der Waals surface area contributed by atoms with Crippen LogP contribution in [0.15, 0.2) is 12.1 Å². The largest absolute Gasteiger partial charge is 0.314 e. The van der Waals surface area contributed by atoms with Crippen LogP contribution in [0.5, 0.6) is 0 Å². The van der Waals surface area contributed by atoms with Crippen LogP contribution in [0.2, 0.25) is 0 Å². The van der Waals surface area contributed by atoms with Crippen LogP contribution in [-0.2, 0) is 6.54 Å². The van der Waals surface area contributed by atoms with Crippen LogP contribution in [0.3, 0.4) is 0 Å². The highest BCUT2D eigenvalue weighted by Gasteiger charge is 2.10. The van der Waals surface area contributed by atoms with Gasteiger partial charge < -0.3 is 10.6 Å². The van der Waals surface area contributed by atoms with Crippen molar-refractivity contribution in [2.24, 2.45) is 0 Å². The van der Waals surface area contributed by atoms with Crippen molar-refractivity contribution in [3.05, 3.63) is 34.9 Å². The molecule has 0 saturated carbocycles. The molecule has 102 valence electrons. The second-order valence-electron chi connectivity index (χ2n) is 4.80. The Bertz CT molecular complexity index is 378. The Hall–Kier alpha value is -1.00. The molecule has 2 N–H and O–H groups in total. The molecule has 0 bridgehead atoms. The standard InChI is InChI=1S/C14H22F2N2/c1-10(2)18-8-4-7-17-9-12-13(15)6-5-11(3)14(12)16/h5-6,10,17-18H,4,7-9H2,1-3H3. The van der Waals surface area contributed by atoms with E-state index in [2.05, 4.69) is 24.5 Å². The summed E-state index contributed by atoms with van der Waals surface area (Å²) < 4.78 is 27.1.